The summed E-state index contributed by atoms with van der Waals surface area (Å²) in [7, 11) is -4.50. The van der Waals surface area contributed by atoms with Crippen LogP contribution in [0.2, 0.25) is 0 Å². The average Bonchev–Trinajstić information content (AvgIpc) is 2.55. The first kappa shape index (κ1) is 21.2. The number of carboxylic acids is 2. The van der Waals surface area contributed by atoms with Gasteiger partial charge in [-0.1, -0.05) is 0 Å². The van der Waals surface area contributed by atoms with E-state index in [0.717, 1.165) is 12.1 Å². The maximum absolute atomic E-state index is 13.0. The molecule has 0 amide bonds. The molecule has 2 aromatic rings. The van der Waals surface area contributed by atoms with Gasteiger partial charge in [-0.05, 0) is 55.3 Å². The van der Waals surface area contributed by atoms with Crippen LogP contribution in [0.3, 0.4) is 0 Å². The number of sulfonamides is 1. The number of benzene rings is 2. The number of rotatable bonds is 5. The second-order valence-corrected chi connectivity index (χ2v) is 7.58. The molecule has 0 saturated heterocycles. The highest BCUT2D eigenvalue weighted by Crippen LogP contribution is 2.33. The smallest absolute Gasteiger partial charge is 0.416 e. The third-order valence-electron chi connectivity index (χ3n) is 3.92. The molecule has 0 spiro atoms. The number of anilines is 1. The SMILES string of the molecule is Cc1cc(C(=O)O)cc(S(=O)(=O)Nc2cc(C(=O)O)cc(C(F)(F)F)c2)c1C. The molecular formula is C17H14F3NO6S. The predicted molar refractivity (Wildman–Crippen MR) is 92.1 cm³/mol. The van der Waals surface area contributed by atoms with Crippen LogP contribution < -0.4 is 4.72 Å². The van der Waals surface area contributed by atoms with Crippen LogP contribution in [0.25, 0.3) is 0 Å². The topological polar surface area (TPSA) is 121 Å². The minimum Gasteiger partial charge on any atom is -0.478 e. The Morgan fingerprint density at radius 3 is 1.96 bits per heavy atom. The molecule has 0 unspecified atom stereocenters. The average molecular weight is 417 g/mol. The normalized spacial score (nSPS) is 11.9. The molecule has 0 saturated carbocycles. The fraction of sp³-hybridized carbons (Fsp3) is 0.176. The zero-order valence-corrected chi connectivity index (χ0v) is 15.3. The summed E-state index contributed by atoms with van der Waals surface area (Å²) in [5, 5.41) is 18.1. The number of alkyl halides is 3. The molecule has 3 N–H and O–H groups in total. The lowest BCUT2D eigenvalue weighted by molar-refractivity contribution is -0.137. The van der Waals surface area contributed by atoms with E-state index in [2.05, 4.69) is 0 Å². The zero-order chi connectivity index (χ0) is 21.4. The monoisotopic (exact) mass is 417 g/mol. The summed E-state index contributed by atoms with van der Waals surface area (Å²) < 4.78 is 66.2. The largest absolute Gasteiger partial charge is 0.478 e. The van der Waals surface area contributed by atoms with E-state index in [1.807, 2.05) is 4.72 Å². The molecule has 150 valence electrons. The van der Waals surface area contributed by atoms with E-state index in [0.29, 0.717) is 17.7 Å². The quantitative estimate of drug-likeness (QED) is 0.685. The summed E-state index contributed by atoms with van der Waals surface area (Å²) in [6.45, 7) is 2.89. The summed E-state index contributed by atoms with van der Waals surface area (Å²) >= 11 is 0. The van der Waals surface area contributed by atoms with Crippen molar-refractivity contribution in [1.29, 1.82) is 0 Å². The van der Waals surface area contributed by atoms with Crippen molar-refractivity contribution in [3.05, 3.63) is 58.1 Å². The molecule has 2 rings (SSSR count). The van der Waals surface area contributed by atoms with E-state index in [1.54, 1.807) is 0 Å². The van der Waals surface area contributed by atoms with Gasteiger partial charge in [0, 0.05) is 0 Å². The second-order valence-electron chi connectivity index (χ2n) is 5.93. The number of carboxylic acid groups (broad SMARTS) is 2. The molecule has 0 aromatic heterocycles. The Labute approximate surface area is 157 Å². The molecule has 0 bridgehead atoms. The van der Waals surface area contributed by atoms with E-state index >= 15 is 0 Å². The van der Waals surface area contributed by atoms with E-state index in [-0.39, 0.29) is 11.1 Å². The summed E-state index contributed by atoms with van der Waals surface area (Å²) in [6.07, 6.45) is -4.90. The minimum atomic E-state index is -4.90. The molecule has 0 atom stereocenters. The molecule has 28 heavy (non-hydrogen) atoms. The van der Waals surface area contributed by atoms with Crippen molar-refractivity contribution >= 4 is 27.6 Å². The number of carbonyl (C=O) groups is 2. The number of halogens is 3. The van der Waals surface area contributed by atoms with Crippen molar-refractivity contribution in [2.45, 2.75) is 24.9 Å². The van der Waals surface area contributed by atoms with Crippen molar-refractivity contribution in [2.75, 3.05) is 4.72 Å². The van der Waals surface area contributed by atoms with Crippen LogP contribution in [0.5, 0.6) is 0 Å². The summed E-state index contributed by atoms with van der Waals surface area (Å²) in [6, 6.07) is 3.69. The first-order valence-corrected chi connectivity index (χ1v) is 9.03. The Morgan fingerprint density at radius 1 is 0.929 bits per heavy atom. The van der Waals surface area contributed by atoms with E-state index in [1.165, 1.54) is 19.9 Å². The number of aromatic carboxylic acids is 2. The fourth-order valence-electron chi connectivity index (χ4n) is 2.41. The Kier molecular flexibility index (Phi) is 5.42. The Bertz CT molecular complexity index is 1080. The number of aryl methyl sites for hydroxylation is 1. The van der Waals surface area contributed by atoms with E-state index in [4.69, 9.17) is 10.2 Å². The molecule has 7 nitrogen and oxygen atoms in total. The van der Waals surface area contributed by atoms with Crippen molar-refractivity contribution in [3.63, 3.8) is 0 Å². The molecule has 0 heterocycles. The summed E-state index contributed by atoms with van der Waals surface area (Å²) in [5.41, 5.74) is -2.51. The zero-order valence-electron chi connectivity index (χ0n) is 14.5. The molecule has 0 fully saturated rings. The summed E-state index contributed by atoms with van der Waals surface area (Å²) in [5.74, 6) is -3.06. The molecule has 0 radical (unpaired) electrons. The van der Waals surface area contributed by atoms with Gasteiger partial charge >= 0.3 is 18.1 Å². The molecule has 0 aliphatic heterocycles. The van der Waals surface area contributed by atoms with Crippen LogP contribution in [0, 0.1) is 13.8 Å². The molecule has 0 aliphatic carbocycles. The Morgan fingerprint density at radius 2 is 1.46 bits per heavy atom. The van der Waals surface area contributed by atoms with Gasteiger partial charge in [0.25, 0.3) is 10.0 Å². The van der Waals surface area contributed by atoms with E-state index in [9.17, 15) is 31.2 Å². The second kappa shape index (κ2) is 7.15. The van der Waals surface area contributed by atoms with Gasteiger partial charge < -0.3 is 10.2 Å². The van der Waals surface area contributed by atoms with Crippen LogP contribution >= 0.6 is 0 Å². The van der Waals surface area contributed by atoms with Crippen LogP contribution in [0.1, 0.15) is 37.4 Å². The van der Waals surface area contributed by atoms with E-state index < -0.39 is 49.8 Å². The Hall–Kier alpha value is -3.08. The summed E-state index contributed by atoms with van der Waals surface area (Å²) in [4.78, 5) is 21.8. The fourth-order valence-corrected chi connectivity index (χ4v) is 3.80. The van der Waals surface area contributed by atoms with Crippen LogP contribution in [-0.4, -0.2) is 30.6 Å². The lowest BCUT2D eigenvalue weighted by Gasteiger charge is -2.15. The predicted octanol–water partition coefficient (Wildman–Crippen LogP) is 3.52. The van der Waals surface area contributed by atoms with Gasteiger partial charge in [0.15, 0.2) is 0 Å². The van der Waals surface area contributed by atoms with Gasteiger partial charge in [0.05, 0.1) is 27.3 Å². The van der Waals surface area contributed by atoms with Crippen LogP contribution in [0.4, 0.5) is 18.9 Å². The lowest BCUT2D eigenvalue weighted by Crippen LogP contribution is -2.17. The highest BCUT2D eigenvalue weighted by Gasteiger charge is 2.32. The Balaban J connectivity index is 2.60. The number of hydrogen-bond acceptors (Lipinski definition) is 4. The highest BCUT2D eigenvalue weighted by atomic mass is 32.2. The van der Waals surface area contributed by atoms with Crippen LogP contribution in [-0.2, 0) is 16.2 Å². The standard InChI is InChI=1S/C17H14F3NO6S/c1-8-3-10(15(22)23)6-14(9(8)2)28(26,27)21-13-5-11(16(24)25)4-12(7-13)17(18,19)20/h3-7,21H,1-2H3,(H,22,23)(H,24,25). The van der Waals surface area contributed by atoms with Crippen molar-refractivity contribution in [1.82, 2.24) is 0 Å². The molecule has 11 heteroatoms. The number of hydrogen-bond donors (Lipinski definition) is 3. The highest BCUT2D eigenvalue weighted by molar-refractivity contribution is 7.92. The lowest BCUT2D eigenvalue weighted by atomic mass is 10.1. The molecular weight excluding hydrogens is 403 g/mol. The third kappa shape index (κ3) is 4.42. The molecule has 0 aliphatic rings. The van der Waals surface area contributed by atoms with Gasteiger partial charge in [-0.2, -0.15) is 13.2 Å². The first-order valence-electron chi connectivity index (χ1n) is 7.55. The number of nitrogens with one attached hydrogen (secondary N) is 1. The first-order chi connectivity index (χ1) is 12.7. The van der Waals surface area contributed by atoms with Gasteiger partial charge in [0.2, 0.25) is 0 Å². The van der Waals surface area contributed by atoms with Gasteiger partial charge in [-0.15, -0.1) is 0 Å². The van der Waals surface area contributed by atoms with Crippen molar-refractivity contribution < 1.29 is 41.4 Å². The van der Waals surface area contributed by atoms with Gasteiger partial charge in [-0.25, -0.2) is 18.0 Å². The van der Waals surface area contributed by atoms with Gasteiger partial charge in [-0.3, -0.25) is 4.72 Å². The van der Waals surface area contributed by atoms with Gasteiger partial charge in [0.1, 0.15) is 0 Å². The maximum Gasteiger partial charge on any atom is 0.416 e. The maximum atomic E-state index is 13.0. The van der Waals surface area contributed by atoms with Crippen molar-refractivity contribution in [2.24, 2.45) is 0 Å². The minimum absolute atomic E-state index is 0.197. The van der Waals surface area contributed by atoms with Crippen LogP contribution in [0.15, 0.2) is 35.2 Å². The van der Waals surface area contributed by atoms with Crippen molar-refractivity contribution in [3.8, 4) is 0 Å². The molecule has 2 aromatic carbocycles. The third-order valence-corrected chi connectivity index (χ3v) is 5.42.